The zero-order valence-electron chi connectivity index (χ0n) is 17.2. The van der Waals surface area contributed by atoms with E-state index in [2.05, 4.69) is 15.4 Å². The molecule has 0 fully saturated rings. The summed E-state index contributed by atoms with van der Waals surface area (Å²) < 4.78 is 6.21. The molecule has 1 amide bonds. The van der Waals surface area contributed by atoms with Crippen LogP contribution in [0.3, 0.4) is 0 Å². The van der Waals surface area contributed by atoms with E-state index < -0.39 is 11.9 Å². The zero-order chi connectivity index (χ0) is 21.8. The van der Waals surface area contributed by atoms with Crippen molar-refractivity contribution in [3.05, 3.63) is 70.1 Å². The van der Waals surface area contributed by atoms with Crippen molar-refractivity contribution in [2.24, 2.45) is 0 Å². The molecule has 0 radical (unpaired) electrons. The van der Waals surface area contributed by atoms with Gasteiger partial charge in [-0.1, -0.05) is 30.3 Å². The molecule has 0 atom stereocenters. The number of rotatable bonds is 5. The molecule has 2 heterocycles. The third-order valence-corrected chi connectivity index (χ3v) is 4.51. The largest absolute Gasteiger partial charge is 0.465 e. The lowest BCUT2D eigenvalue weighted by molar-refractivity contribution is 0.0596. The maximum atomic E-state index is 12.4. The number of amides is 1. The van der Waals surface area contributed by atoms with Gasteiger partial charge in [-0.05, 0) is 26.0 Å². The Morgan fingerprint density at radius 2 is 1.80 bits per heavy atom. The molecule has 0 unspecified atom stereocenters. The van der Waals surface area contributed by atoms with Gasteiger partial charge in [0, 0.05) is 24.2 Å². The van der Waals surface area contributed by atoms with Crippen LogP contribution in [0.15, 0.2) is 53.3 Å². The molecule has 0 bridgehead atoms. The minimum atomic E-state index is -0.695. The number of aromatic nitrogens is 3. The predicted molar refractivity (Wildman–Crippen MR) is 112 cm³/mol. The van der Waals surface area contributed by atoms with Crippen molar-refractivity contribution in [3.63, 3.8) is 0 Å². The van der Waals surface area contributed by atoms with Crippen LogP contribution in [0, 0.1) is 0 Å². The number of nitrogens with one attached hydrogen (secondary N) is 1. The average molecular weight is 406 g/mol. The van der Waals surface area contributed by atoms with Gasteiger partial charge in [-0.25, -0.2) is 14.5 Å². The lowest BCUT2D eigenvalue weighted by atomic mass is 9.99. The number of esters is 1. The van der Waals surface area contributed by atoms with Crippen LogP contribution in [-0.2, 0) is 4.74 Å². The van der Waals surface area contributed by atoms with E-state index >= 15 is 0 Å². The first-order chi connectivity index (χ1) is 14.4. The molecule has 0 aliphatic heterocycles. The van der Waals surface area contributed by atoms with E-state index in [-0.39, 0.29) is 22.9 Å². The summed E-state index contributed by atoms with van der Waals surface area (Å²) in [6.07, 6.45) is 0. The van der Waals surface area contributed by atoms with Gasteiger partial charge in [-0.3, -0.25) is 9.59 Å². The first-order valence-electron chi connectivity index (χ1n) is 9.38. The summed E-state index contributed by atoms with van der Waals surface area (Å²) in [5.41, 5.74) is 1.87. The Morgan fingerprint density at radius 3 is 2.40 bits per heavy atom. The molecule has 3 aromatic rings. The molecule has 154 valence electrons. The first-order valence-corrected chi connectivity index (χ1v) is 9.38. The molecule has 0 saturated carbocycles. The lowest BCUT2D eigenvalue weighted by Crippen LogP contribution is -2.25. The Kier molecular flexibility index (Phi) is 6.06. The molecule has 1 N–H and O–H groups in total. The summed E-state index contributed by atoms with van der Waals surface area (Å²) in [4.78, 5) is 41.5. The van der Waals surface area contributed by atoms with Crippen LogP contribution in [0.1, 0.15) is 40.7 Å². The van der Waals surface area contributed by atoms with Crippen LogP contribution in [0.5, 0.6) is 0 Å². The summed E-state index contributed by atoms with van der Waals surface area (Å²) in [5, 5.41) is 6.96. The van der Waals surface area contributed by atoms with Gasteiger partial charge < -0.3 is 10.1 Å². The van der Waals surface area contributed by atoms with Gasteiger partial charge in [-0.15, -0.1) is 0 Å². The number of nitrogens with zero attached hydrogens (tertiary/aromatic N) is 3. The summed E-state index contributed by atoms with van der Waals surface area (Å²) in [7, 11) is 2.69. The van der Waals surface area contributed by atoms with Crippen molar-refractivity contribution < 1.29 is 14.3 Å². The van der Waals surface area contributed by atoms with E-state index in [1.165, 1.54) is 31.0 Å². The number of carbonyl (C=O) groups excluding carboxylic acids is 2. The second-order valence-corrected chi connectivity index (χ2v) is 6.81. The van der Waals surface area contributed by atoms with Crippen molar-refractivity contribution in [1.82, 2.24) is 20.1 Å². The number of hydrogen-bond donors (Lipinski definition) is 1. The lowest BCUT2D eigenvalue weighted by Gasteiger charge is -2.15. The Bertz CT molecular complexity index is 1150. The summed E-state index contributed by atoms with van der Waals surface area (Å²) in [6.45, 7) is 3.70. The van der Waals surface area contributed by atoms with Crippen LogP contribution in [0.2, 0.25) is 0 Å². The molecule has 0 spiro atoms. The summed E-state index contributed by atoms with van der Waals surface area (Å²) in [5.74, 6) is -1.21. The molecule has 0 aliphatic carbocycles. The molecule has 1 aromatic carbocycles. The summed E-state index contributed by atoms with van der Waals surface area (Å²) in [6, 6.07) is 13.6. The topological polar surface area (TPSA) is 103 Å². The van der Waals surface area contributed by atoms with Crippen molar-refractivity contribution in [3.8, 4) is 22.5 Å². The minimum Gasteiger partial charge on any atom is -0.465 e. The Balaban J connectivity index is 2.38. The van der Waals surface area contributed by atoms with Crippen LogP contribution in [0.25, 0.3) is 22.5 Å². The smallest absolute Gasteiger partial charge is 0.340 e. The number of ether oxygens (including phenoxy) is 1. The van der Waals surface area contributed by atoms with E-state index in [0.29, 0.717) is 17.0 Å². The van der Waals surface area contributed by atoms with Crippen molar-refractivity contribution in [2.45, 2.75) is 19.9 Å². The third kappa shape index (κ3) is 3.98. The fourth-order valence-electron chi connectivity index (χ4n) is 3.02. The number of carbonyl (C=O) groups is 2. The van der Waals surface area contributed by atoms with Crippen LogP contribution < -0.4 is 10.9 Å². The van der Waals surface area contributed by atoms with Gasteiger partial charge >= 0.3 is 5.97 Å². The van der Waals surface area contributed by atoms with Gasteiger partial charge in [0.2, 0.25) is 0 Å². The average Bonchev–Trinajstić information content (AvgIpc) is 2.77. The van der Waals surface area contributed by atoms with Gasteiger partial charge in [0.1, 0.15) is 5.69 Å². The molecule has 8 nitrogen and oxygen atoms in total. The second kappa shape index (κ2) is 8.69. The normalized spacial score (nSPS) is 10.7. The molecule has 8 heteroatoms. The van der Waals surface area contributed by atoms with E-state index in [0.717, 1.165) is 5.56 Å². The SMILES string of the molecule is CNC(=O)c1nc(-c2ccccc2)c(-c2ccc(=O)n(C(C)C)n2)cc1C(=O)OC. The Labute approximate surface area is 173 Å². The minimum absolute atomic E-state index is 0.00984. The first kappa shape index (κ1) is 20.9. The molecular weight excluding hydrogens is 384 g/mol. The van der Waals surface area contributed by atoms with E-state index in [1.807, 2.05) is 44.2 Å². The molecule has 3 rings (SSSR count). The highest BCUT2D eigenvalue weighted by Gasteiger charge is 2.24. The fraction of sp³-hybridized carbons (Fsp3) is 0.227. The number of pyridine rings is 1. The number of methoxy groups -OCH3 is 1. The number of benzene rings is 1. The zero-order valence-corrected chi connectivity index (χ0v) is 17.2. The van der Waals surface area contributed by atoms with Crippen LogP contribution in [-0.4, -0.2) is 40.8 Å². The predicted octanol–water partition coefficient (Wildman–Crippen LogP) is 2.70. The molecule has 30 heavy (non-hydrogen) atoms. The monoisotopic (exact) mass is 406 g/mol. The highest BCUT2D eigenvalue weighted by molar-refractivity contribution is 6.05. The second-order valence-electron chi connectivity index (χ2n) is 6.81. The van der Waals surface area contributed by atoms with Gasteiger partial charge in [0.15, 0.2) is 0 Å². The highest BCUT2D eigenvalue weighted by Crippen LogP contribution is 2.31. The number of hydrogen-bond acceptors (Lipinski definition) is 6. The maximum Gasteiger partial charge on any atom is 0.340 e. The molecule has 0 aliphatic rings. The van der Waals surface area contributed by atoms with Crippen LogP contribution >= 0.6 is 0 Å². The fourth-order valence-corrected chi connectivity index (χ4v) is 3.02. The van der Waals surface area contributed by atoms with E-state index in [1.54, 1.807) is 6.07 Å². The van der Waals surface area contributed by atoms with E-state index in [4.69, 9.17) is 4.74 Å². The summed E-state index contributed by atoms with van der Waals surface area (Å²) >= 11 is 0. The van der Waals surface area contributed by atoms with Gasteiger partial charge in [-0.2, -0.15) is 5.10 Å². The van der Waals surface area contributed by atoms with Crippen molar-refractivity contribution in [2.75, 3.05) is 14.2 Å². The molecular formula is C22H22N4O4. The third-order valence-electron chi connectivity index (χ3n) is 4.51. The van der Waals surface area contributed by atoms with Gasteiger partial charge in [0.25, 0.3) is 11.5 Å². The standard InChI is InChI=1S/C22H22N4O4/c1-13(2)26-18(27)11-10-17(25-26)15-12-16(22(29)30-4)20(21(28)23-3)24-19(15)14-8-6-5-7-9-14/h5-13H,1-4H3,(H,23,28). The highest BCUT2D eigenvalue weighted by atomic mass is 16.5. The van der Waals surface area contributed by atoms with Crippen molar-refractivity contribution in [1.29, 1.82) is 0 Å². The quantitative estimate of drug-likeness (QED) is 0.654. The van der Waals surface area contributed by atoms with E-state index in [9.17, 15) is 14.4 Å². The maximum absolute atomic E-state index is 12.4. The van der Waals surface area contributed by atoms with Crippen molar-refractivity contribution >= 4 is 11.9 Å². The van der Waals surface area contributed by atoms with Crippen LogP contribution in [0.4, 0.5) is 0 Å². The Hall–Kier alpha value is -3.81. The molecule has 2 aromatic heterocycles. The Morgan fingerprint density at radius 1 is 1.10 bits per heavy atom. The van der Waals surface area contributed by atoms with Gasteiger partial charge in [0.05, 0.1) is 30.1 Å². The molecule has 0 saturated heterocycles.